The van der Waals surface area contributed by atoms with Gasteiger partial charge in [0.1, 0.15) is 11.5 Å². The maximum atomic E-state index is 14.3. The number of benzene rings is 2. The maximum absolute atomic E-state index is 14.3. The summed E-state index contributed by atoms with van der Waals surface area (Å²) in [6.07, 6.45) is 3.08. The molecule has 0 N–H and O–H groups in total. The van der Waals surface area contributed by atoms with E-state index in [1.165, 1.54) is 6.07 Å². The zero-order valence-electron chi connectivity index (χ0n) is 19.1. The van der Waals surface area contributed by atoms with Gasteiger partial charge >= 0.3 is 0 Å². The van der Waals surface area contributed by atoms with Gasteiger partial charge in [0.25, 0.3) is 5.91 Å². The molecule has 0 aliphatic carbocycles. The van der Waals surface area contributed by atoms with E-state index in [9.17, 15) is 14.0 Å². The van der Waals surface area contributed by atoms with E-state index < -0.39 is 0 Å². The van der Waals surface area contributed by atoms with Crippen molar-refractivity contribution >= 4 is 11.8 Å². The summed E-state index contributed by atoms with van der Waals surface area (Å²) >= 11 is 0. The first-order chi connectivity index (χ1) is 16.0. The maximum Gasteiger partial charge on any atom is 0.274 e. The smallest absolute Gasteiger partial charge is 0.274 e. The summed E-state index contributed by atoms with van der Waals surface area (Å²) in [5, 5.41) is 4.24. The Hall–Kier alpha value is -3.48. The van der Waals surface area contributed by atoms with Crippen LogP contribution < -0.4 is 0 Å². The van der Waals surface area contributed by atoms with E-state index in [0.717, 1.165) is 17.5 Å². The number of rotatable bonds is 6. The summed E-state index contributed by atoms with van der Waals surface area (Å²) in [6.45, 7) is 4.03. The number of carbonyl (C=O) groups excluding carboxylic acids is 2. The number of hydrogen-bond acceptors (Lipinski definition) is 3. The van der Waals surface area contributed by atoms with Crippen LogP contribution in [-0.4, -0.2) is 57.6 Å². The Balaban J connectivity index is 1.59. The van der Waals surface area contributed by atoms with E-state index in [1.807, 2.05) is 42.2 Å². The second-order valence-corrected chi connectivity index (χ2v) is 8.53. The van der Waals surface area contributed by atoms with Gasteiger partial charge in [-0.15, -0.1) is 0 Å². The molecule has 1 aliphatic rings. The van der Waals surface area contributed by atoms with Gasteiger partial charge in [-0.2, -0.15) is 5.10 Å². The Morgan fingerprint density at radius 3 is 2.67 bits per heavy atom. The standard InChI is InChI=1S/C26H29FN4O2/c1-3-12-30-14-15-31(26(33)24-11-13-29(2)28-24)18-21(25(30)32)17-19-7-6-8-20(16-19)22-9-4-5-10-23(22)27/h4-11,13,16,21H,3,12,14-15,17-18H2,1-2H3/t21-/m1/s1. The number of halogens is 1. The predicted molar refractivity (Wildman–Crippen MR) is 125 cm³/mol. The van der Waals surface area contributed by atoms with Gasteiger partial charge in [-0.25, -0.2) is 4.39 Å². The monoisotopic (exact) mass is 448 g/mol. The molecule has 4 rings (SSSR count). The zero-order valence-corrected chi connectivity index (χ0v) is 19.1. The predicted octanol–water partition coefficient (Wildman–Crippen LogP) is 3.78. The van der Waals surface area contributed by atoms with Gasteiger partial charge in [-0.05, 0) is 36.1 Å². The molecule has 172 valence electrons. The van der Waals surface area contributed by atoms with Crippen molar-refractivity contribution in [1.82, 2.24) is 19.6 Å². The Morgan fingerprint density at radius 1 is 1.12 bits per heavy atom. The van der Waals surface area contributed by atoms with E-state index >= 15 is 0 Å². The molecule has 0 unspecified atom stereocenters. The van der Waals surface area contributed by atoms with E-state index in [1.54, 1.807) is 41.0 Å². The van der Waals surface area contributed by atoms with Crippen LogP contribution in [-0.2, 0) is 18.3 Å². The molecular weight excluding hydrogens is 419 g/mol. The van der Waals surface area contributed by atoms with Crippen molar-refractivity contribution in [3.8, 4) is 11.1 Å². The SMILES string of the molecule is CCCN1CCN(C(=O)c2ccn(C)n2)C[C@@H](Cc2cccc(-c3ccccc3F)c2)C1=O. The molecule has 1 aromatic heterocycles. The van der Waals surface area contributed by atoms with Crippen LogP contribution in [0.25, 0.3) is 11.1 Å². The molecule has 33 heavy (non-hydrogen) atoms. The Bertz CT molecular complexity index is 1140. The minimum absolute atomic E-state index is 0.0597. The average molecular weight is 449 g/mol. The fourth-order valence-corrected chi connectivity index (χ4v) is 4.41. The van der Waals surface area contributed by atoms with E-state index in [-0.39, 0.29) is 23.5 Å². The lowest BCUT2D eigenvalue weighted by molar-refractivity contribution is -0.134. The quantitative estimate of drug-likeness (QED) is 0.577. The van der Waals surface area contributed by atoms with Crippen molar-refractivity contribution < 1.29 is 14.0 Å². The number of carbonyl (C=O) groups is 2. The van der Waals surface area contributed by atoms with Crippen LogP contribution in [0.5, 0.6) is 0 Å². The van der Waals surface area contributed by atoms with E-state index in [0.29, 0.717) is 43.9 Å². The molecule has 7 heteroatoms. The summed E-state index contributed by atoms with van der Waals surface area (Å²) in [6, 6.07) is 16.0. The number of aromatic nitrogens is 2. The molecule has 1 saturated heterocycles. The first-order valence-electron chi connectivity index (χ1n) is 11.4. The molecular formula is C26H29FN4O2. The highest BCUT2D eigenvalue weighted by molar-refractivity contribution is 5.93. The molecule has 2 amide bonds. The lowest BCUT2D eigenvalue weighted by atomic mass is 9.94. The topological polar surface area (TPSA) is 58.4 Å². The first-order valence-corrected chi connectivity index (χ1v) is 11.4. The molecule has 0 radical (unpaired) electrons. The Morgan fingerprint density at radius 2 is 1.94 bits per heavy atom. The van der Waals surface area contributed by atoms with Crippen molar-refractivity contribution in [3.63, 3.8) is 0 Å². The van der Waals surface area contributed by atoms with Crippen LogP contribution in [0.1, 0.15) is 29.4 Å². The van der Waals surface area contributed by atoms with Gasteiger partial charge in [0.05, 0.1) is 5.92 Å². The van der Waals surface area contributed by atoms with Gasteiger partial charge in [-0.3, -0.25) is 14.3 Å². The summed E-state index contributed by atoms with van der Waals surface area (Å²) < 4.78 is 15.9. The van der Waals surface area contributed by atoms with E-state index in [2.05, 4.69) is 5.10 Å². The minimum atomic E-state index is -0.373. The van der Waals surface area contributed by atoms with Crippen LogP contribution in [0.2, 0.25) is 0 Å². The van der Waals surface area contributed by atoms with Crippen molar-refractivity contribution in [2.75, 3.05) is 26.2 Å². The van der Waals surface area contributed by atoms with Crippen LogP contribution in [0, 0.1) is 11.7 Å². The normalized spacial score (nSPS) is 16.7. The summed E-state index contributed by atoms with van der Waals surface area (Å²) in [5.41, 5.74) is 2.64. The number of nitrogens with zero attached hydrogens (tertiary/aromatic N) is 4. The van der Waals surface area contributed by atoms with Gasteiger partial charge in [-0.1, -0.05) is 49.4 Å². The fourth-order valence-electron chi connectivity index (χ4n) is 4.41. The van der Waals surface area contributed by atoms with Crippen molar-refractivity contribution in [1.29, 1.82) is 0 Å². The molecule has 2 aromatic carbocycles. The lowest BCUT2D eigenvalue weighted by Gasteiger charge is -2.24. The fraction of sp³-hybridized carbons (Fsp3) is 0.346. The third kappa shape index (κ3) is 5.13. The zero-order chi connectivity index (χ0) is 23.4. The molecule has 3 aromatic rings. The third-order valence-corrected chi connectivity index (χ3v) is 6.05. The van der Waals surface area contributed by atoms with Crippen molar-refractivity contribution in [2.45, 2.75) is 19.8 Å². The summed E-state index contributed by atoms with van der Waals surface area (Å²) in [4.78, 5) is 30.1. The van der Waals surface area contributed by atoms with Crippen molar-refractivity contribution in [3.05, 3.63) is 77.9 Å². The van der Waals surface area contributed by atoms with Gasteiger partial charge in [0, 0.05) is 45.0 Å². The first kappa shape index (κ1) is 22.7. The van der Waals surface area contributed by atoms with Crippen LogP contribution in [0.4, 0.5) is 4.39 Å². The van der Waals surface area contributed by atoms with Gasteiger partial charge in [0.15, 0.2) is 0 Å². The Kier molecular flexibility index (Phi) is 6.87. The minimum Gasteiger partial charge on any atom is -0.341 e. The van der Waals surface area contributed by atoms with Gasteiger partial charge < -0.3 is 9.80 Å². The molecule has 1 atom stereocenters. The van der Waals surface area contributed by atoms with E-state index in [4.69, 9.17) is 0 Å². The summed E-state index contributed by atoms with van der Waals surface area (Å²) in [5.74, 6) is -0.750. The lowest BCUT2D eigenvalue weighted by Crippen LogP contribution is -2.38. The molecule has 6 nitrogen and oxygen atoms in total. The van der Waals surface area contributed by atoms with Crippen LogP contribution >= 0.6 is 0 Å². The van der Waals surface area contributed by atoms with Gasteiger partial charge in [0.2, 0.25) is 5.91 Å². The highest BCUT2D eigenvalue weighted by Gasteiger charge is 2.33. The highest BCUT2D eigenvalue weighted by Crippen LogP contribution is 2.25. The number of amides is 2. The molecule has 0 saturated carbocycles. The second-order valence-electron chi connectivity index (χ2n) is 8.53. The second kappa shape index (κ2) is 9.98. The molecule has 1 aliphatic heterocycles. The highest BCUT2D eigenvalue weighted by atomic mass is 19.1. The average Bonchev–Trinajstić information content (AvgIpc) is 3.19. The number of aryl methyl sites for hydroxylation is 1. The molecule has 1 fully saturated rings. The largest absolute Gasteiger partial charge is 0.341 e. The van der Waals surface area contributed by atoms with Crippen LogP contribution in [0.3, 0.4) is 0 Å². The Labute approximate surface area is 193 Å². The molecule has 2 heterocycles. The van der Waals surface area contributed by atoms with Crippen LogP contribution in [0.15, 0.2) is 60.8 Å². The molecule has 0 bridgehead atoms. The van der Waals surface area contributed by atoms with Crippen molar-refractivity contribution in [2.24, 2.45) is 13.0 Å². The molecule has 0 spiro atoms. The summed E-state index contributed by atoms with van der Waals surface area (Å²) in [7, 11) is 1.77. The number of hydrogen-bond donors (Lipinski definition) is 0. The third-order valence-electron chi connectivity index (χ3n) is 6.05.